The number of hydrogen-bond donors (Lipinski definition) is 0. The van der Waals surface area contributed by atoms with E-state index in [0.717, 1.165) is 6.54 Å². The second-order valence-corrected chi connectivity index (χ2v) is 5.51. The first-order chi connectivity index (χ1) is 7.09. The van der Waals surface area contributed by atoms with Crippen molar-refractivity contribution in [3.05, 3.63) is 6.20 Å². The van der Waals surface area contributed by atoms with E-state index < -0.39 is 10.1 Å². The van der Waals surface area contributed by atoms with Crippen LogP contribution in [0.5, 0.6) is 5.88 Å². The third-order valence-corrected chi connectivity index (χ3v) is 3.36. The molecule has 1 fully saturated rings. The van der Waals surface area contributed by atoms with Gasteiger partial charge in [0, 0.05) is 6.54 Å². The summed E-state index contributed by atoms with van der Waals surface area (Å²) in [5, 5.41) is 7.43. The van der Waals surface area contributed by atoms with E-state index in [1.807, 2.05) is 0 Å². The molecule has 1 aliphatic carbocycles. The Morgan fingerprint density at radius 3 is 2.93 bits per heavy atom. The highest BCUT2D eigenvalue weighted by molar-refractivity contribution is 7.87. The monoisotopic (exact) mass is 231 g/mol. The zero-order valence-corrected chi connectivity index (χ0v) is 9.27. The molecule has 15 heavy (non-hydrogen) atoms. The summed E-state index contributed by atoms with van der Waals surface area (Å²) in [4.78, 5) is 0. The molecule has 0 atom stereocenters. The lowest BCUT2D eigenvalue weighted by Crippen LogP contribution is -2.11. The van der Waals surface area contributed by atoms with Gasteiger partial charge in [-0.15, -0.1) is 0 Å². The van der Waals surface area contributed by atoms with Gasteiger partial charge in [-0.1, -0.05) is 10.3 Å². The summed E-state index contributed by atoms with van der Waals surface area (Å²) in [6, 6.07) is 0. The van der Waals surface area contributed by atoms with E-state index in [1.165, 1.54) is 26.0 Å². The molecule has 0 radical (unpaired) electrons. The van der Waals surface area contributed by atoms with Gasteiger partial charge in [-0.25, -0.2) is 4.68 Å². The standard InChI is InChI=1S/C8H13N3O3S/c1-2-15(12,13)14-8-6-11(10-9-8)5-7-3-4-7/h6-7H,2-5H2,1H3. The van der Waals surface area contributed by atoms with Crippen LogP contribution in [-0.2, 0) is 16.7 Å². The third kappa shape index (κ3) is 2.92. The van der Waals surface area contributed by atoms with Crippen LogP contribution in [-0.4, -0.2) is 29.2 Å². The van der Waals surface area contributed by atoms with Gasteiger partial charge in [-0.2, -0.15) is 8.42 Å². The molecule has 1 heterocycles. The van der Waals surface area contributed by atoms with Crippen molar-refractivity contribution in [2.75, 3.05) is 5.75 Å². The van der Waals surface area contributed by atoms with Gasteiger partial charge in [0.15, 0.2) is 0 Å². The van der Waals surface area contributed by atoms with E-state index in [9.17, 15) is 8.42 Å². The Labute approximate surface area is 88.4 Å². The fourth-order valence-electron chi connectivity index (χ4n) is 1.16. The van der Waals surface area contributed by atoms with E-state index in [2.05, 4.69) is 10.3 Å². The molecule has 1 aromatic rings. The average molecular weight is 231 g/mol. The lowest BCUT2D eigenvalue weighted by atomic mass is 10.4. The van der Waals surface area contributed by atoms with E-state index in [1.54, 1.807) is 4.68 Å². The molecule has 1 aliphatic rings. The Hall–Kier alpha value is -1.11. The minimum Gasteiger partial charge on any atom is -0.358 e. The predicted octanol–water partition coefficient (Wildman–Crippen LogP) is 0.417. The highest BCUT2D eigenvalue weighted by Gasteiger charge is 2.22. The lowest BCUT2D eigenvalue weighted by Gasteiger charge is -1.98. The summed E-state index contributed by atoms with van der Waals surface area (Å²) in [5.41, 5.74) is 0. The quantitative estimate of drug-likeness (QED) is 0.686. The fourth-order valence-corrected chi connectivity index (χ4v) is 1.62. The predicted molar refractivity (Wildman–Crippen MR) is 52.8 cm³/mol. The first-order valence-corrected chi connectivity index (χ1v) is 6.49. The third-order valence-electron chi connectivity index (χ3n) is 2.23. The van der Waals surface area contributed by atoms with Crippen molar-refractivity contribution in [2.24, 2.45) is 5.92 Å². The molecule has 0 spiro atoms. The first-order valence-electron chi connectivity index (χ1n) is 4.91. The van der Waals surface area contributed by atoms with Gasteiger partial charge in [0.05, 0.1) is 11.9 Å². The fraction of sp³-hybridized carbons (Fsp3) is 0.750. The Balaban J connectivity index is 2.00. The van der Waals surface area contributed by atoms with Crippen LogP contribution < -0.4 is 4.18 Å². The molecule has 0 aliphatic heterocycles. The molecular weight excluding hydrogens is 218 g/mol. The van der Waals surface area contributed by atoms with Gasteiger partial charge >= 0.3 is 10.1 Å². The molecule has 0 saturated heterocycles. The summed E-state index contributed by atoms with van der Waals surface area (Å²) < 4.78 is 28.6. The number of hydrogen-bond acceptors (Lipinski definition) is 5. The Morgan fingerprint density at radius 1 is 1.60 bits per heavy atom. The van der Waals surface area contributed by atoms with Crippen LogP contribution in [0.25, 0.3) is 0 Å². The van der Waals surface area contributed by atoms with Gasteiger partial charge in [-0.3, -0.25) is 0 Å². The van der Waals surface area contributed by atoms with Crippen molar-refractivity contribution >= 4 is 10.1 Å². The van der Waals surface area contributed by atoms with Gasteiger partial charge < -0.3 is 4.18 Å². The van der Waals surface area contributed by atoms with E-state index in [-0.39, 0.29) is 11.6 Å². The van der Waals surface area contributed by atoms with Crippen LogP contribution >= 0.6 is 0 Å². The molecule has 84 valence electrons. The first kappa shape index (κ1) is 10.4. The van der Waals surface area contributed by atoms with Crippen LogP contribution in [0.1, 0.15) is 19.8 Å². The molecule has 1 aromatic heterocycles. The summed E-state index contributed by atoms with van der Waals surface area (Å²) in [6.07, 6.45) is 3.94. The minimum atomic E-state index is -3.49. The molecule has 0 amide bonds. The van der Waals surface area contributed by atoms with Crippen molar-refractivity contribution in [1.29, 1.82) is 0 Å². The summed E-state index contributed by atoms with van der Waals surface area (Å²) in [5.74, 6) is 0.655. The highest BCUT2D eigenvalue weighted by atomic mass is 32.2. The smallest absolute Gasteiger partial charge is 0.310 e. The minimum absolute atomic E-state index is 0.0532. The molecule has 0 aromatic carbocycles. The normalized spacial score (nSPS) is 16.6. The molecule has 7 heteroatoms. The zero-order chi connectivity index (χ0) is 10.9. The van der Waals surface area contributed by atoms with Crippen molar-refractivity contribution in [3.63, 3.8) is 0 Å². The lowest BCUT2D eigenvalue weighted by molar-refractivity contribution is 0.476. The van der Waals surface area contributed by atoms with Crippen LogP contribution in [0.2, 0.25) is 0 Å². The maximum atomic E-state index is 11.1. The molecule has 1 saturated carbocycles. The van der Waals surface area contributed by atoms with Crippen molar-refractivity contribution in [3.8, 4) is 5.88 Å². The molecule has 0 N–H and O–H groups in total. The van der Waals surface area contributed by atoms with Gasteiger partial charge in [0.25, 0.3) is 5.88 Å². The summed E-state index contributed by atoms with van der Waals surface area (Å²) in [7, 11) is -3.49. The topological polar surface area (TPSA) is 74.1 Å². The van der Waals surface area contributed by atoms with Crippen molar-refractivity contribution < 1.29 is 12.6 Å². The number of rotatable bonds is 5. The maximum Gasteiger partial charge on any atom is 0.310 e. The van der Waals surface area contributed by atoms with Crippen LogP contribution in [0.4, 0.5) is 0 Å². The number of aromatic nitrogens is 3. The Kier molecular flexibility index (Phi) is 2.64. The SMILES string of the molecule is CCS(=O)(=O)Oc1cn(CC2CC2)nn1. The van der Waals surface area contributed by atoms with E-state index in [0.29, 0.717) is 5.92 Å². The number of nitrogens with zero attached hydrogens (tertiary/aromatic N) is 3. The van der Waals surface area contributed by atoms with Crippen LogP contribution in [0.3, 0.4) is 0 Å². The van der Waals surface area contributed by atoms with E-state index in [4.69, 9.17) is 4.18 Å². The second kappa shape index (κ2) is 3.80. The molecule has 2 rings (SSSR count). The summed E-state index contributed by atoms with van der Waals surface area (Å²) >= 11 is 0. The van der Waals surface area contributed by atoms with Crippen molar-refractivity contribution in [1.82, 2.24) is 15.0 Å². The Morgan fingerprint density at radius 2 is 2.33 bits per heavy atom. The molecule has 0 bridgehead atoms. The summed E-state index contributed by atoms with van der Waals surface area (Å²) in [6.45, 7) is 2.31. The second-order valence-electron chi connectivity index (χ2n) is 3.65. The molecular formula is C8H13N3O3S. The highest BCUT2D eigenvalue weighted by Crippen LogP contribution is 2.30. The van der Waals surface area contributed by atoms with E-state index >= 15 is 0 Å². The molecule has 0 unspecified atom stereocenters. The van der Waals surface area contributed by atoms with Gasteiger partial charge in [0.2, 0.25) is 0 Å². The average Bonchev–Trinajstić information content (AvgIpc) is 2.88. The largest absolute Gasteiger partial charge is 0.358 e. The van der Waals surface area contributed by atoms with Gasteiger partial charge in [-0.05, 0) is 25.7 Å². The Bertz CT molecular complexity index is 436. The maximum absolute atomic E-state index is 11.1. The molecule has 6 nitrogen and oxygen atoms in total. The van der Waals surface area contributed by atoms with Crippen LogP contribution in [0.15, 0.2) is 6.20 Å². The van der Waals surface area contributed by atoms with Gasteiger partial charge in [0.1, 0.15) is 0 Å². The van der Waals surface area contributed by atoms with Crippen molar-refractivity contribution in [2.45, 2.75) is 26.3 Å². The van der Waals surface area contributed by atoms with Crippen LogP contribution in [0, 0.1) is 5.92 Å². The zero-order valence-electron chi connectivity index (χ0n) is 8.46.